The van der Waals surface area contributed by atoms with E-state index in [9.17, 15) is 0 Å². The van der Waals surface area contributed by atoms with E-state index in [-0.39, 0.29) is 24.8 Å². The number of hydrogen-bond acceptors (Lipinski definition) is 0. The van der Waals surface area contributed by atoms with Crippen LogP contribution >= 0.6 is 24.8 Å². The number of hydrogen-bond donors (Lipinski definition) is 0. The standard InChI is InChI=1S/C20H17.C13H10.2ClH.Zr/c1-2-14-10-11-16(12-14)18-8-5-9-19-17-7-4-3-6-15(17)13-20(18)19;1-3-7-12(8-4-1)11-13-9-5-2-6-10-13;;;/h3-10,12-13H,2,11H2,1H3;1-10H;2*1H;. The molecule has 0 bridgehead atoms. The molecule has 2 aliphatic carbocycles. The Balaban J connectivity index is 0.00000152. The summed E-state index contributed by atoms with van der Waals surface area (Å²) in [7, 11) is 0. The molecule has 4 aromatic rings. The van der Waals surface area contributed by atoms with Crippen LogP contribution < -0.4 is 0 Å². The van der Waals surface area contributed by atoms with Crippen LogP contribution in [0.1, 0.15) is 51.2 Å². The zero-order chi connectivity index (χ0) is 22.9. The van der Waals surface area contributed by atoms with Crippen molar-refractivity contribution in [3.05, 3.63) is 149 Å². The molecule has 0 saturated carbocycles. The zero-order valence-electron chi connectivity index (χ0n) is 20.3. The molecule has 0 heterocycles. The molecule has 4 aromatic carbocycles. The second-order valence-electron chi connectivity index (χ2n) is 9.04. The van der Waals surface area contributed by atoms with E-state index in [1.54, 1.807) is 8.77 Å². The van der Waals surface area contributed by atoms with Crippen molar-refractivity contribution in [2.24, 2.45) is 0 Å². The van der Waals surface area contributed by atoms with Gasteiger partial charge in [-0.25, -0.2) is 0 Å². The number of benzene rings is 4. The van der Waals surface area contributed by atoms with Crippen molar-refractivity contribution < 1.29 is 22.8 Å². The Morgan fingerprint density at radius 2 is 1.28 bits per heavy atom. The minimum Gasteiger partial charge on any atom is -0.147 e. The first-order valence-electron chi connectivity index (χ1n) is 12.2. The normalized spacial score (nSPS) is 14.9. The molecule has 0 saturated heterocycles. The third-order valence-corrected chi connectivity index (χ3v) is 11.4. The summed E-state index contributed by atoms with van der Waals surface area (Å²) in [5.74, 6) is 0. The SMILES string of the molecule is CCC1=CCC(c2cccc3c2[CH]([Zr]=[C](c2ccccc2)c2ccccc2)c2ccccc2-3)=C1.Cl.Cl. The Hall–Kier alpha value is -2.31. The number of fused-ring (bicyclic) bond motifs is 3. The van der Waals surface area contributed by atoms with Gasteiger partial charge in [0.05, 0.1) is 0 Å². The first kappa shape index (κ1) is 26.7. The predicted molar refractivity (Wildman–Crippen MR) is 155 cm³/mol. The molecule has 0 radical (unpaired) electrons. The van der Waals surface area contributed by atoms with E-state index >= 15 is 0 Å². The van der Waals surface area contributed by atoms with Crippen LogP contribution in [0.3, 0.4) is 0 Å². The van der Waals surface area contributed by atoms with Gasteiger partial charge in [-0.1, -0.05) is 0 Å². The van der Waals surface area contributed by atoms with Crippen LogP contribution in [0.15, 0.2) is 121 Å². The maximum atomic E-state index is 2.44. The van der Waals surface area contributed by atoms with Gasteiger partial charge in [0.2, 0.25) is 0 Å². The van der Waals surface area contributed by atoms with E-state index in [0.29, 0.717) is 3.63 Å². The van der Waals surface area contributed by atoms with Crippen LogP contribution in [-0.2, 0) is 22.8 Å². The Morgan fingerprint density at radius 3 is 1.92 bits per heavy atom. The fraction of sp³-hybridized carbons (Fsp3) is 0.121. The van der Waals surface area contributed by atoms with Gasteiger partial charge in [-0.3, -0.25) is 0 Å². The molecule has 0 nitrogen and oxygen atoms in total. The molecule has 0 aromatic heterocycles. The fourth-order valence-electron chi connectivity index (χ4n) is 5.39. The largest absolute Gasteiger partial charge is 0.147 e. The van der Waals surface area contributed by atoms with Crippen LogP contribution in [0.2, 0.25) is 0 Å². The Kier molecular flexibility index (Phi) is 8.79. The molecule has 179 valence electrons. The van der Waals surface area contributed by atoms with Crippen molar-refractivity contribution in [1.29, 1.82) is 0 Å². The molecule has 0 N–H and O–H groups in total. The number of allylic oxidation sites excluding steroid dienone is 4. The first-order valence-corrected chi connectivity index (χ1v) is 14.8. The quantitative estimate of drug-likeness (QED) is 0.219. The second-order valence-corrected chi connectivity index (χ2v) is 12.4. The van der Waals surface area contributed by atoms with Crippen molar-refractivity contribution in [2.75, 3.05) is 0 Å². The van der Waals surface area contributed by atoms with Crippen LogP contribution in [0.25, 0.3) is 16.7 Å². The van der Waals surface area contributed by atoms with Gasteiger partial charge in [0.1, 0.15) is 0 Å². The van der Waals surface area contributed by atoms with Gasteiger partial charge >= 0.3 is 215 Å². The van der Waals surface area contributed by atoms with Gasteiger partial charge in [-0.2, -0.15) is 0 Å². The summed E-state index contributed by atoms with van der Waals surface area (Å²) < 4.78 is 2.09. The molecular formula is C33H29Cl2Zr. The van der Waals surface area contributed by atoms with Crippen molar-refractivity contribution in [3.8, 4) is 11.1 Å². The van der Waals surface area contributed by atoms with E-state index in [1.165, 1.54) is 44.5 Å². The van der Waals surface area contributed by atoms with Gasteiger partial charge in [-0.05, 0) is 0 Å². The van der Waals surface area contributed by atoms with Gasteiger partial charge in [-0.15, -0.1) is 24.8 Å². The molecule has 3 heteroatoms. The maximum absolute atomic E-state index is 2.44. The van der Waals surface area contributed by atoms with Crippen LogP contribution in [0, 0.1) is 0 Å². The third kappa shape index (κ3) is 4.95. The Bertz CT molecular complexity index is 1410. The zero-order valence-corrected chi connectivity index (χ0v) is 24.4. The van der Waals surface area contributed by atoms with E-state index in [0.717, 1.165) is 12.8 Å². The summed E-state index contributed by atoms with van der Waals surface area (Å²) in [6.45, 7) is 2.26. The fourth-order valence-corrected chi connectivity index (χ4v) is 9.86. The molecule has 0 fully saturated rings. The van der Waals surface area contributed by atoms with E-state index in [2.05, 4.69) is 122 Å². The molecule has 1 unspecified atom stereocenters. The summed E-state index contributed by atoms with van der Waals surface area (Å²) in [5, 5.41) is 0. The summed E-state index contributed by atoms with van der Waals surface area (Å²) in [4.78, 5) is 0. The van der Waals surface area contributed by atoms with Crippen molar-refractivity contribution in [3.63, 3.8) is 0 Å². The number of rotatable bonds is 5. The summed E-state index contributed by atoms with van der Waals surface area (Å²) in [5.41, 5.74) is 13.2. The van der Waals surface area contributed by atoms with Gasteiger partial charge < -0.3 is 0 Å². The molecule has 0 amide bonds. The summed E-state index contributed by atoms with van der Waals surface area (Å²) in [6, 6.07) is 38.3. The predicted octanol–water partition coefficient (Wildman–Crippen LogP) is 9.07. The van der Waals surface area contributed by atoms with Gasteiger partial charge in [0.15, 0.2) is 0 Å². The monoisotopic (exact) mass is 585 g/mol. The molecule has 36 heavy (non-hydrogen) atoms. The average molecular weight is 588 g/mol. The van der Waals surface area contributed by atoms with Crippen LogP contribution in [-0.4, -0.2) is 3.21 Å². The van der Waals surface area contributed by atoms with Crippen LogP contribution in [0.5, 0.6) is 0 Å². The third-order valence-electron chi connectivity index (χ3n) is 7.07. The van der Waals surface area contributed by atoms with E-state index in [1.807, 2.05) is 0 Å². The average Bonchev–Trinajstić information content (AvgIpc) is 3.51. The van der Waals surface area contributed by atoms with Crippen LogP contribution in [0.4, 0.5) is 0 Å². The maximum Gasteiger partial charge on any atom is -0.147 e. The van der Waals surface area contributed by atoms with E-state index < -0.39 is 22.8 Å². The Labute approximate surface area is 238 Å². The second kappa shape index (κ2) is 11.8. The summed E-state index contributed by atoms with van der Waals surface area (Å²) >= 11 is -1.08. The number of halogens is 2. The molecule has 0 spiro atoms. The van der Waals surface area contributed by atoms with Gasteiger partial charge in [0.25, 0.3) is 0 Å². The minimum atomic E-state index is -1.08. The first-order chi connectivity index (χ1) is 16.8. The minimum absolute atomic E-state index is 0. The van der Waals surface area contributed by atoms with Crippen molar-refractivity contribution in [1.82, 2.24) is 0 Å². The topological polar surface area (TPSA) is 0 Å². The molecule has 6 rings (SSSR count). The van der Waals surface area contributed by atoms with Gasteiger partial charge in [0, 0.05) is 0 Å². The molecular weight excluding hydrogens is 558 g/mol. The molecule has 0 aliphatic heterocycles. The van der Waals surface area contributed by atoms with Crippen molar-refractivity contribution >= 4 is 33.6 Å². The van der Waals surface area contributed by atoms with Crippen molar-refractivity contribution in [2.45, 2.75) is 23.4 Å². The smallest absolute Gasteiger partial charge is 0.147 e. The summed E-state index contributed by atoms with van der Waals surface area (Å²) in [6.07, 6.45) is 7.03. The van der Waals surface area contributed by atoms with E-state index in [4.69, 9.17) is 0 Å². The molecule has 1 atom stereocenters. The molecule has 2 aliphatic rings. The Morgan fingerprint density at radius 1 is 0.694 bits per heavy atom.